The Morgan fingerprint density at radius 2 is 1.96 bits per heavy atom. The quantitative estimate of drug-likeness (QED) is 0.615. The van der Waals surface area contributed by atoms with Crippen LogP contribution in [0.1, 0.15) is 17.3 Å². The monoisotopic (exact) mass is 344 g/mol. The minimum absolute atomic E-state index is 0.0298. The summed E-state index contributed by atoms with van der Waals surface area (Å²) >= 11 is 0. The minimum atomic E-state index is 0.0298. The van der Waals surface area contributed by atoms with E-state index in [1.54, 1.807) is 10.7 Å². The molecule has 8 nitrogen and oxygen atoms in total. The molecule has 5 rings (SSSR count). The van der Waals surface area contributed by atoms with Gasteiger partial charge in [-0.05, 0) is 36.6 Å². The van der Waals surface area contributed by atoms with E-state index in [0.717, 1.165) is 44.8 Å². The molecule has 0 atom stereocenters. The SMILES string of the molecule is C=C1C(=C)C1n1nc(C)c2cnc(Nc3cn4ncnc4cc3C)nc21. The number of hydrogen-bond donors (Lipinski definition) is 1. The largest absolute Gasteiger partial charge is 0.323 e. The fourth-order valence-electron chi connectivity index (χ4n) is 3.11. The van der Waals surface area contributed by atoms with Crippen LogP contribution in [-0.2, 0) is 0 Å². The molecule has 1 saturated carbocycles. The van der Waals surface area contributed by atoms with Crippen LogP contribution < -0.4 is 5.32 Å². The molecule has 0 unspecified atom stereocenters. The molecule has 0 aromatic carbocycles. The molecular formula is C18H16N8. The summed E-state index contributed by atoms with van der Waals surface area (Å²) in [7, 11) is 0. The van der Waals surface area contributed by atoms with Crippen molar-refractivity contribution < 1.29 is 0 Å². The molecule has 0 bridgehead atoms. The number of aromatic nitrogens is 7. The molecule has 1 fully saturated rings. The van der Waals surface area contributed by atoms with Crippen molar-refractivity contribution in [2.75, 3.05) is 5.32 Å². The van der Waals surface area contributed by atoms with Gasteiger partial charge in [0.2, 0.25) is 5.95 Å². The highest BCUT2D eigenvalue weighted by atomic mass is 15.4. The van der Waals surface area contributed by atoms with E-state index >= 15 is 0 Å². The van der Waals surface area contributed by atoms with E-state index < -0.39 is 0 Å². The third-order valence-corrected chi connectivity index (χ3v) is 4.74. The molecule has 1 aliphatic carbocycles. The standard InChI is InChI=1S/C18H16N8/c1-9-5-15-20-8-21-25(15)7-14(9)22-18-19-6-13-12(4)24-26(17(13)23-18)16-10(2)11(16)3/h5-8,16H,2-3H2,1,4H3,(H,19,22,23). The topological polar surface area (TPSA) is 85.8 Å². The van der Waals surface area contributed by atoms with E-state index in [1.165, 1.54) is 6.33 Å². The second kappa shape index (κ2) is 4.98. The number of aryl methyl sites for hydroxylation is 2. The van der Waals surface area contributed by atoms with E-state index in [-0.39, 0.29) is 6.04 Å². The summed E-state index contributed by atoms with van der Waals surface area (Å²) in [5.74, 6) is 0.498. The summed E-state index contributed by atoms with van der Waals surface area (Å²) in [4.78, 5) is 13.3. The molecule has 1 N–H and O–H groups in total. The second-order valence-electron chi connectivity index (χ2n) is 6.47. The average Bonchev–Trinajstić information content (AvgIpc) is 2.97. The summed E-state index contributed by atoms with van der Waals surface area (Å²) in [5, 5.41) is 13.0. The normalized spacial score (nSPS) is 14.5. The molecule has 26 heavy (non-hydrogen) atoms. The molecule has 8 heteroatoms. The Balaban J connectivity index is 1.58. The van der Waals surface area contributed by atoms with Crippen molar-refractivity contribution in [1.82, 2.24) is 34.3 Å². The Morgan fingerprint density at radius 1 is 1.15 bits per heavy atom. The van der Waals surface area contributed by atoms with Gasteiger partial charge in [0.25, 0.3) is 0 Å². The van der Waals surface area contributed by atoms with Gasteiger partial charge in [0.15, 0.2) is 11.3 Å². The maximum Gasteiger partial charge on any atom is 0.229 e. The van der Waals surface area contributed by atoms with E-state index in [2.05, 4.69) is 43.6 Å². The lowest BCUT2D eigenvalue weighted by molar-refractivity contribution is 0.693. The van der Waals surface area contributed by atoms with Gasteiger partial charge in [-0.3, -0.25) is 0 Å². The third-order valence-electron chi connectivity index (χ3n) is 4.74. The molecule has 0 aliphatic heterocycles. The first-order valence-corrected chi connectivity index (χ1v) is 8.20. The van der Waals surface area contributed by atoms with Crippen LogP contribution in [-0.4, -0.2) is 34.3 Å². The van der Waals surface area contributed by atoms with Crippen molar-refractivity contribution in [3.63, 3.8) is 0 Å². The molecule has 0 saturated heterocycles. The predicted octanol–water partition coefficient (Wildman–Crippen LogP) is 2.90. The van der Waals surface area contributed by atoms with Crippen LogP contribution in [0, 0.1) is 13.8 Å². The minimum Gasteiger partial charge on any atom is -0.323 e. The Morgan fingerprint density at radius 3 is 2.73 bits per heavy atom. The van der Waals surface area contributed by atoms with E-state index in [0.29, 0.717) is 5.95 Å². The lowest BCUT2D eigenvalue weighted by Crippen LogP contribution is -2.03. The molecule has 128 valence electrons. The van der Waals surface area contributed by atoms with Crippen LogP contribution in [0.3, 0.4) is 0 Å². The first-order valence-electron chi connectivity index (χ1n) is 8.20. The van der Waals surface area contributed by atoms with Crippen molar-refractivity contribution in [2.45, 2.75) is 19.9 Å². The zero-order valence-corrected chi connectivity index (χ0v) is 14.4. The number of fused-ring (bicyclic) bond motifs is 2. The molecule has 0 radical (unpaired) electrons. The lowest BCUT2D eigenvalue weighted by Gasteiger charge is -2.09. The van der Waals surface area contributed by atoms with Crippen LogP contribution in [0.25, 0.3) is 16.7 Å². The van der Waals surface area contributed by atoms with Crippen molar-refractivity contribution in [1.29, 1.82) is 0 Å². The Bertz CT molecular complexity index is 1210. The van der Waals surface area contributed by atoms with Gasteiger partial charge in [-0.2, -0.15) is 15.2 Å². The van der Waals surface area contributed by atoms with Crippen LogP contribution in [0.4, 0.5) is 11.6 Å². The highest BCUT2D eigenvalue weighted by Crippen LogP contribution is 2.47. The van der Waals surface area contributed by atoms with Crippen LogP contribution >= 0.6 is 0 Å². The lowest BCUT2D eigenvalue weighted by atomic mass is 10.2. The molecule has 4 aromatic heterocycles. The number of allylic oxidation sites excluding steroid dienone is 2. The van der Waals surface area contributed by atoms with Gasteiger partial charge in [-0.15, -0.1) is 0 Å². The summed E-state index contributed by atoms with van der Waals surface area (Å²) in [6.45, 7) is 12.0. The van der Waals surface area contributed by atoms with E-state index in [1.807, 2.05) is 30.8 Å². The molecule has 4 heterocycles. The zero-order chi connectivity index (χ0) is 18.0. The maximum absolute atomic E-state index is 4.68. The molecular weight excluding hydrogens is 328 g/mol. The van der Waals surface area contributed by atoms with Crippen molar-refractivity contribution >= 4 is 28.3 Å². The Kier molecular flexibility index (Phi) is 2.83. The highest BCUT2D eigenvalue weighted by molar-refractivity contribution is 5.80. The average molecular weight is 344 g/mol. The molecule has 4 aromatic rings. The van der Waals surface area contributed by atoms with Gasteiger partial charge in [0.1, 0.15) is 12.4 Å². The van der Waals surface area contributed by atoms with Gasteiger partial charge < -0.3 is 5.32 Å². The third kappa shape index (κ3) is 2.05. The summed E-state index contributed by atoms with van der Waals surface area (Å²) in [6, 6.07) is 1.99. The first kappa shape index (κ1) is 14.8. The van der Waals surface area contributed by atoms with Crippen LogP contribution in [0.2, 0.25) is 0 Å². The number of rotatable bonds is 3. The summed E-state index contributed by atoms with van der Waals surface area (Å²) in [6.07, 6.45) is 5.19. The smallest absolute Gasteiger partial charge is 0.229 e. The predicted molar refractivity (Wildman–Crippen MR) is 98.4 cm³/mol. The number of nitrogens with one attached hydrogen (secondary N) is 1. The van der Waals surface area contributed by atoms with Gasteiger partial charge in [0.05, 0.1) is 23.0 Å². The molecule has 0 spiro atoms. The van der Waals surface area contributed by atoms with Crippen molar-refractivity contribution in [3.8, 4) is 0 Å². The summed E-state index contributed by atoms with van der Waals surface area (Å²) in [5.41, 5.74) is 6.34. The zero-order valence-electron chi connectivity index (χ0n) is 14.4. The van der Waals surface area contributed by atoms with Gasteiger partial charge in [-0.25, -0.2) is 19.2 Å². The van der Waals surface area contributed by atoms with Crippen LogP contribution in [0.5, 0.6) is 0 Å². The highest BCUT2D eigenvalue weighted by Gasteiger charge is 2.37. The van der Waals surface area contributed by atoms with Gasteiger partial charge >= 0.3 is 0 Å². The Labute approximate surface area is 148 Å². The van der Waals surface area contributed by atoms with Gasteiger partial charge in [-0.1, -0.05) is 13.2 Å². The number of hydrogen-bond acceptors (Lipinski definition) is 6. The first-order chi connectivity index (χ1) is 12.5. The molecule has 0 amide bonds. The second-order valence-corrected chi connectivity index (χ2v) is 6.47. The summed E-state index contributed by atoms with van der Waals surface area (Å²) < 4.78 is 3.58. The van der Waals surface area contributed by atoms with E-state index in [9.17, 15) is 0 Å². The number of nitrogens with zero attached hydrogens (tertiary/aromatic N) is 7. The number of pyridine rings is 1. The fourth-order valence-corrected chi connectivity index (χ4v) is 3.11. The molecule has 1 aliphatic rings. The van der Waals surface area contributed by atoms with Gasteiger partial charge in [0, 0.05) is 6.20 Å². The van der Waals surface area contributed by atoms with Crippen LogP contribution in [0.15, 0.2) is 49.1 Å². The van der Waals surface area contributed by atoms with Crippen molar-refractivity contribution in [2.24, 2.45) is 0 Å². The van der Waals surface area contributed by atoms with Crippen molar-refractivity contribution in [3.05, 3.63) is 60.3 Å². The fraction of sp³-hybridized carbons (Fsp3) is 0.167. The maximum atomic E-state index is 4.68. The number of anilines is 2. The Hall–Kier alpha value is -3.55. The van der Waals surface area contributed by atoms with E-state index in [4.69, 9.17) is 0 Å².